The van der Waals surface area contributed by atoms with E-state index in [0.29, 0.717) is 11.4 Å². The van der Waals surface area contributed by atoms with E-state index in [-0.39, 0.29) is 0 Å². The van der Waals surface area contributed by atoms with E-state index in [1.165, 1.54) is 0 Å². The molecular formula is C35H27N3O2. The van der Waals surface area contributed by atoms with E-state index in [2.05, 4.69) is 24.3 Å². The molecule has 0 unspecified atom stereocenters. The summed E-state index contributed by atoms with van der Waals surface area (Å²) in [6.45, 7) is 0. The highest BCUT2D eigenvalue weighted by atomic mass is 16.5. The highest BCUT2D eigenvalue weighted by Crippen LogP contribution is 2.34. The lowest BCUT2D eigenvalue weighted by atomic mass is 10.00. The van der Waals surface area contributed by atoms with Crippen LogP contribution in [-0.4, -0.2) is 4.98 Å². The second-order valence-electron chi connectivity index (χ2n) is 9.39. The maximum absolute atomic E-state index is 6.10. The van der Waals surface area contributed by atoms with Crippen molar-refractivity contribution in [3.05, 3.63) is 140 Å². The largest absolute Gasteiger partial charge is 0.457 e. The summed E-state index contributed by atoms with van der Waals surface area (Å²) in [4.78, 5) is 5.07. The van der Waals surface area contributed by atoms with Crippen LogP contribution in [0.15, 0.2) is 140 Å². The molecule has 0 fully saturated rings. The van der Waals surface area contributed by atoms with Crippen LogP contribution in [-0.2, 0) is 0 Å². The lowest BCUT2D eigenvalue weighted by Gasteiger charge is -2.13. The molecule has 0 amide bonds. The Balaban J connectivity index is 1.38. The predicted octanol–water partition coefficient (Wildman–Crippen LogP) is 8.83. The normalized spacial score (nSPS) is 10.7. The lowest BCUT2D eigenvalue weighted by Crippen LogP contribution is -1.93. The second kappa shape index (κ2) is 11.1. The minimum absolute atomic E-state index is 0.693. The van der Waals surface area contributed by atoms with Crippen molar-refractivity contribution in [2.24, 2.45) is 0 Å². The SMILES string of the molecule is Nc1ccc(Oc2cccc(-c3cc(-c4ccccc4)cc(-c4cccc(Oc5ccc(N)cc5)c4)n3)c2)cc1. The first-order valence-corrected chi connectivity index (χ1v) is 12.9. The predicted molar refractivity (Wildman–Crippen MR) is 162 cm³/mol. The smallest absolute Gasteiger partial charge is 0.128 e. The molecule has 0 spiro atoms. The first-order chi connectivity index (χ1) is 19.6. The van der Waals surface area contributed by atoms with Gasteiger partial charge in [0, 0.05) is 22.5 Å². The zero-order chi connectivity index (χ0) is 27.3. The summed E-state index contributed by atoms with van der Waals surface area (Å²) in [5, 5.41) is 0. The van der Waals surface area contributed by atoms with Crippen LogP contribution in [0.3, 0.4) is 0 Å². The minimum Gasteiger partial charge on any atom is -0.457 e. The number of pyridine rings is 1. The topological polar surface area (TPSA) is 83.4 Å². The summed E-state index contributed by atoms with van der Waals surface area (Å²) >= 11 is 0. The van der Waals surface area contributed by atoms with Crippen LogP contribution in [0.1, 0.15) is 0 Å². The van der Waals surface area contributed by atoms with Crippen molar-refractivity contribution in [3.63, 3.8) is 0 Å². The van der Waals surface area contributed by atoms with Gasteiger partial charge in [0.05, 0.1) is 11.4 Å². The Hall–Kier alpha value is -5.55. The molecule has 194 valence electrons. The lowest BCUT2D eigenvalue weighted by molar-refractivity contribution is 0.483. The monoisotopic (exact) mass is 521 g/mol. The van der Waals surface area contributed by atoms with Gasteiger partial charge in [-0.3, -0.25) is 0 Å². The Bertz CT molecular complexity index is 1640. The maximum atomic E-state index is 6.10. The van der Waals surface area contributed by atoms with Crippen molar-refractivity contribution >= 4 is 11.4 Å². The third-order valence-electron chi connectivity index (χ3n) is 6.42. The Morgan fingerprint density at radius 3 is 1.30 bits per heavy atom. The molecule has 0 aliphatic heterocycles. The maximum Gasteiger partial charge on any atom is 0.128 e. The van der Waals surface area contributed by atoms with Gasteiger partial charge in [0.15, 0.2) is 0 Å². The van der Waals surface area contributed by atoms with Crippen LogP contribution in [0.2, 0.25) is 0 Å². The van der Waals surface area contributed by atoms with E-state index in [1.54, 1.807) is 0 Å². The fourth-order valence-electron chi connectivity index (χ4n) is 4.41. The highest BCUT2D eigenvalue weighted by molar-refractivity contribution is 5.77. The molecule has 0 bridgehead atoms. The molecule has 6 aromatic rings. The van der Waals surface area contributed by atoms with Gasteiger partial charge in [-0.05, 0) is 96.1 Å². The zero-order valence-corrected chi connectivity index (χ0v) is 21.7. The van der Waals surface area contributed by atoms with Crippen molar-refractivity contribution in [2.45, 2.75) is 0 Å². The van der Waals surface area contributed by atoms with Crippen LogP contribution < -0.4 is 20.9 Å². The third kappa shape index (κ3) is 5.79. The summed E-state index contributed by atoms with van der Waals surface area (Å²) in [5.74, 6) is 2.87. The molecule has 5 nitrogen and oxygen atoms in total. The highest BCUT2D eigenvalue weighted by Gasteiger charge is 2.11. The van der Waals surface area contributed by atoms with Crippen LogP contribution in [0.25, 0.3) is 33.6 Å². The standard InChI is InChI=1S/C35H27N3O2/c36-28-12-16-30(17-13-28)39-32-10-4-8-25(20-32)34-22-27(24-6-2-1-3-7-24)23-35(38-34)26-9-5-11-33(21-26)40-31-18-14-29(37)15-19-31/h1-23H,36-37H2. The quantitative estimate of drug-likeness (QED) is 0.205. The van der Waals surface area contributed by atoms with E-state index in [1.807, 2.05) is 115 Å². The number of ether oxygens (including phenoxy) is 2. The summed E-state index contributed by atoms with van der Waals surface area (Å²) in [6, 6.07) is 45.1. The minimum atomic E-state index is 0.693. The first kappa shape index (κ1) is 24.8. The van der Waals surface area contributed by atoms with Gasteiger partial charge in [0.1, 0.15) is 23.0 Å². The van der Waals surface area contributed by atoms with E-state index in [4.69, 9.17) is 25.9 Å². The van der Waals surface area contributed by atoms with Gasteiger partial charge in [-0.25, -0.2) is 4.98 Å². The van der Waals surface area contributed by atoms with Gasteiger partial charge in [0.2, 0.25) is 0 Å². The Kier molecular flexibility index (Phi) is 6.84. The number of benzene rings is 5. The van der Waals surface area contributed by atoms with E-state index >= 15 is 0 Å². The van der Waals surface area contributed by atoms with Crippen molar-refractivity contribution < 1.29 is 9.47 Å². The van der Waals surface area contributed by atoms with E-state index in [0.717, 1.165) is 56.6 Å². The molecule has 0 aliphatic carbocycles. The molecule has 0 aliphatic rings. The summed E-state index contributed by atoms with van der Waals surface area (Å²) in [5.41, 5.74) is 18.8. The molecule has 4 N–H and O–H groups in total. The number of nitrogens with two attached hydrogens (primary N) is 2. The number of anilines is 2. The van der Waals surface area contributed by atoms with Crippen LogP contribution >= 0.6 is 0 Å². The molecule has 5 aromatic carbocycles. The third-order valence-corrected chi connectivity index (χ3v) is 6.42. The van der Waals surface area contributed by atoms with Crippen LogP contribution in [0.5, 0.6) is 23.0 Å². The average molecular weight is 522 g/mol. The number of rotatable bonds is 7. The molecule has 5 heteroatoms. The molecule has 0 saturated heterocycles. The second-order valence-corrected chi connectivity index (χ2v) is 9.39. The van der Waals surface area contributed by atoms with Crippen LogP contribution in [0, 0.1) is 0 Å². The fourth-order valence-corrected chi connectivity index (χ4v) is 4.41. The number of nitrogen functional groups attached to an aromatic ring is 2. The van der Waals surface area contributed by atoms with Crippen molar-refractivity contribution in [3.8, 4) is 56.6 Å². The number of hydrogen-bond acceptors (Lipinski definition) is 5. The average Bonchev–Trinajstić information content (AvgIpc) is 3.00. The summed E-state index contributed by atoms with van der Waals surface area (Å²) < 4.78 is 12.2. The van der Waals surface area contributed by atoms with Gasteiger partial charge < -0.3 is 20.9 Å². The van der Waals surface area contributed by atoms with Crippen molar-refractivity contribution in [1.29, 1.82) is 0 Å². The van der Waals surface area contributed by atoms with E-state index < -0.39 is 0 Å². The summed E-state index contributed by atoms with van der Waals surface area (Å²) in [7, 11) is 0. The Morgan fingerprint density at radius 1 is 0.375 bits per heavy atom. The van der Waals surface area contributed by atoms with Crippen molar-refractivity contribution in [2.75, 3.05) is 11.5 Å². The van der Waals surface area contributed by atoms with E-state index in [9.17, 15) is 0 Å². The van der Waals surface area contributed by atoms with Gasteiger partial charge >= 0.3 is 0 Å². The molecule has 0 radical (unpaired) electrons. The number of aromatic nitrogens is 1. The molecule has 0 saturated carbocycles. The first-order valence-electron chi connectivity index (χ1n) is 12.9. The van der Waals surface area contributed by atoms with Gasteiger partial charge in [0.25, 0.3) is 0 Å². The molecule has 40 heavy (non-hydrogen) atoms. The number of nitrogens with zero attached hydrogens (tertiary/aromatic N) is 1. The van der Waals surface area contributed by atoms with Gasteiger partial charge in [-0.1, -0.05) is 54.6 Å². The molecular weight excluding hydrogens is 494 g/mol. The fraction of sp³-hybridized carbons (Fsp3) is 0. The molecule has 0 atom stereocenters. The Labute approximate surface area is 233 Å². The van der Waals surface area contributed by atoms with Crippen LogP contribution in [0.4, 0.5) is 11.4 Å². The summed E-state index contributed by atoms with van der Waals surface area (Å²) in [6.07, 6.45) is 0. The number of hydrogen-bond donors (Lipinski definition) is 2. The molecule has 1 aromatic heterocycles. The Morgan fingerprint density at radius 2 is 0.825 bits per heavy atom. The zero-order valence-electron chi connectivity index (χ0n) is 21.7. The molecule has 1 heterocycles. The molecule has 6 rings (SSSR count). The van der Waals surface area contributed by atoms with Gasteiger partial charge in [-0.2, -0.15) is 0 Å². The van der Waals surface area contributed by atoms with Crippen molar-refractivity contribution in [1.82, 2.24) is 4.98 Å². The van der Waals surface area contributed by atoms with Gasteiger partial charge in [-0.15, -0.1) is 0 Å².